The first-order chi connectivity index (χ1) is 15.9. The highest BCUT2D eigenvalue weighted by atomic mass is 32.2. The van der Waals surface area contributed by atoms with Crippen molar-refractivity contribution in [3.05, 3.63) is 64.4 Å². The minimum absolute atomic E-state index is 0.112. The number of allylic oxidation sites excluding steroid dienone is 1. The van der Waals surface area contributed by atoms with Gasteiger partial charge >= 0.3 is 12.1 Å². The first kappa shape index (κ1) is 25.0. The van der Waals surface area contributed by atoms with Crippen LogP contribution in [0.4, 0.5) is 19.0 Å². The molecule has 10 nitrogen and oxygen atoms in total. The summed E-state index contributed by atoms with van der Waals surface area (Å²) in [7, 11) is -3.64. The molecule has 0 aliphatic rings. The number of anilines is 1. The second-order valence-corrected chi connectivity index (χ2v) is 10.1. The van der Waals surface area contributed by atoms with E-state index in [4.69, 9.17) is 5.73 Å². The molecule has 0 aliphatic heterocycles. The Morgan fingerprint density at radius 1 is 1.32 bits per heavy atom. The third-order valence-corrected chi connectivity index (χ3v) is 6.01. The minimum atomic E-state index is -4.71. The molecule has 0 radical (unpaired) electrons. The van der Waals surface area contributed by atoms with Crippen molar-refractivity contribution < 1.29 is 26.1 Å². The van der Waals surface area contributed by atoms with Gasteiger partial charge in [0.05, 0.1) is 11.1 Å². The summed E-state index contributed by atoms with van der Waals surface area (Å²) in [5.74, 6) is -1.13. The molecule has 3 rings (SSSR count). The van der Waals surface area contributed by atoms with E-state index in [2.05, 4.69) is 34.9 Å². The van der Waals surface area contributed by atoms with Crippen LogP contribution in [0.25, 0.3) is 10.7 Å². The van der Waals surface area contributed by atoms with Gasteiger partial charge in [-0.3, -0.25) is 4.98 Å². The molecule has 34 heavy (non-hydrogen) atoms. The molecule has 0 amide bonds. The van der Waals surface area contributed by atoms with Crippen molar-refractivity contribution in [1.29, 1.82) is 0 Å². The van der Waals surface area contributed by atoms with E-state index in [0.29, 0.717) is 17.1 Å². The maximum absolute atomic E-state index is 12.7. The molecule has 3 N–H and O–H groups in total. The fourth-order valence-corrected chi connectivity index (χ4v) is 3.73. The van der Waals surface area contributed by atoms with Gasteiger partial charge in [-0.15, -0.1) is 11.3 Å². The smallest absolute Gasteiger partial charge is 0.389 e. The van der Waals surface area contributed by atoms with E-state index >= 15 is 0 Å². The Morgan fingerprint density at radius 3 is 2.71 bits per heavy atom. The quantitative estimate of drug-likeness (QED) is 0.358. The summed E-state index contributed by atoms with van der Waals surface area (Å²) < 4.78 is 65.6. The van der Waals surface area contributed by atoms with Crippen molar-refractivity contribution in [2.75, 3.05) is 11.6 Å². The monoisotopic (exact) mass is 513 g/mol. The number of amidine groups is 1. The maximum Gasteiger partial charge on any atom is 0.471 e. The fraction of sp³-hybridized carbons (Fsp3) is 0.211. The molecule has 0 unspecified atom stereocenters. The SMILES string of the molecule is C\C(=C/N=C(\C=C(/N)S(C)(=O)=O)Nc1cnccn1)Cc1ccc(-c2noc(C(F)(F)F)n2)s1. The number of hydrogen-bond donors (Lipinski definition) is 2. The number of nitrogens with zero attached hydrogens (tertiary/aromatic N) is 5. The van der Waals surface area contributed by atoms with Gasteiger partial charge in [0.25, 0.3) is 0 Å². The van der Waals surface area contributed by atoms with Crippen molar-refractivity contribution in [3.8, 4) is 10.7 Å². The Morgan fingerprint density at radius 2 is 2.09 bits per heavy atom. The highest BCUT2D eigenvalue weighted by Crippen LogP contribution is 2.32. The van der Waals surface area contributed by atoms with Crippen molar-refractivity contribution >= 4 is 32.8 Å². The zero-order valence-corrected chi connectivity index (χ0v) is 19.4. The minimum Gasteiger partial charge on any atom is -0.389 e. The number of thiophene rings is 1. The summed E-state index contributed by atoms with van der Waals surface area (Å²) in [6, 6.07) is 3.32. The van der Waals surface area contributed by atoms with Crippen molar-refractivity contribution in [2.24, 2.45) is 10.7 Å². The van der Waals surface area contributed by atoms with Gasteiger partial charge in [-0.25, -0.2) is 18.4 Å². The summed E-state index contributed by atoms with van der Waals surface area (Å²) in [5.41, 5.74) is 6.40. The Kier molecular flexibility index (Phi) is 7.46. The molecule has 15 heteroatoms. The van der Waals surface area contributed by atoms with Gasteiger partial charge in [0.15, 0.2) is 9.84 Å². The average molecular weight is 514 g/mol. The lowest BCUT2D eigenvalue weighted by atomic mass is 10.2. The van der Waals surface area contributed by atoms with Crippen LogP contribution in [0, 0.1) is 0 Å². The molecular formula is C19H18F3N7O3S2. The molecule has 180 valence electrons. The van der Waals surface area contributed by atoms with E-state index in [-0.39, 0.29) is 11.7 Å². The van der Waals surface area contributed by atoms with Gasteiger partial charge in [0, 0.05) is 42.2 Å². The van der Waals surface area contributed by atoms with Crippen LogP contribution in [0.2, 0.25) is 0 Å². The summed E-state index contributed by atoms with van der Waals surface area (Å²) in [4.78, 5) is 16.8. The van der Waals surface area contributed by atoms with Gasteiger partial charge in [-0.1, -0.05) is 5.16 Å². The van der Waals surface area contributed by atoms with Crippen LogP contribution in [0.1, 0.15) is 17.7 Å². The van der Waals surface area contributed by atoms with E-state index < -0.39 is 26.9 Å². The number of nitrogens with one attached hydrogen (secondary N) is 1. The van der Waals surface area contributed by atoms with Crippen LogP contribution in [0.15, 0.2) is 63.1 Å². The third-order valence-electron chi connectivity index (χ3n) is 3.95. The van der Waals surface area contributed by atoms with Crippen molar-refractivity contribution in [1.82, 2.24) is 20.1 Å². The van der Waals surface area contributed by atoms with E-state index in [1.54, 1.807) is 19.1 Å². The molecule has 0 spiro atoms. The average Bonchev–Trinajstić information content (AvgIpc) is 3.41. The number of aliphatic imine (C=N–C) groups is 1. The Labute approximate surface area is 196 Å². The summed E-state index contributed by atoms with van der Waals surface area (Å²) in [6.07, 6.45) is 3.67. The second-order valence-electron chi connectivity index (χ2n) is 6.89. The topological polar surface area (TPSA) is 149 Å². The maximum atomic E-state index is 12.7. The second kappa shape index (κ2) is 10.1. The molecular weight excluding hydrogens is 495 g/mol. The molecule has 0 fully saturated rings. The third kappa shape index (κ3) is 6.95. The van der Waals surface area contributed by atoms with Crippen LogP contribution in [0.3, 0.4) is 0 Å². The van der Waals surface area contributed by atoms with Crippen LogP contribution >= 0.6 is 11.3 Å². The number of nitrogens with two attached hydrogens (primary N) is 1. The Hall–Kier alpha value is -3.59. The van der Waals surface area contributed by atoms with Crippen molar-refractivity contribution in [3.63, 3.8) is 0 Å². The molecule has 3 aromatic rings. The lowest BCUT2D eigenvalue weighted by Crippen LogP contribution is -2.17. The summed E-state index contributed by atoms with van der Waals surface area (Å²) >= 11 is 1.20. The normalized spacial score (nSPS) is 13.9. The number of aromatic nitrogens is 4. The van der Waals surface area contributed by atoms with E-state index in [0.717, 1.165) is 22.8 Å². The van der Waals surface area contributed by atoms with E-state index in [1.165, 1.54) is 36.1 Å². The molecule has 3 aromatic heterocycles. The van der Waals surface area contributed by atoms with Gasteiger partial charge in [0.1, 0.15) is 16.7 Å². The molecule has 0 bridgehead atoms. The predicted molar refractivity (Wildman–Crippen MR) is 120 cm³/mol. The van der Waals surface area contributed by atoms with Crippen LogP contribution in [0.5, 0.6) is 0 Å². The van der Waals surface area contributed by atoms with Crippen LogP contribution in [-0.4, -0.2) is 40.6 Å². The van der Waals surface area contributed by atoms with Gasteiger partial charge < -0.3 is 15.6 Å². The molecule has 0 aliphatic carbocycles. The standard InChI is InChI=1S/C19H18F3N7O3S2/c1-11(7-12-3-4-13(33-12)17-28-18(32-29-17)19(20,21)22)9-26-15(8-14(23)34(2,30)31)27-16-10-24-5-6-25-16/h3-6,8-10H,7,23H2,1-2H3,(H,25,26,27)/b11-9+,14-8+. The first-order valence-corrected chi connectivity index (χ1v) is 12.1. The number of alkyl halides is 3. The van der Waals surface area contributed by atoms with Crippen LogP contribution in [-0.2, 0) is 22.4 Å². The first-order valence-electron chi connectivity index (χ1n) is 9.35. The van der Waals surface area contributed by atoms with Gasteiger partial charge in [0.2, 0.25) is 5.82 Å². The van der Waals surface area contributed by atoms with E-state index in [1.807, 2.05) is 0 Å². The number of halogens is 3. The predicted octanol–water partition coefficient (Wildman–Crippen LogP) is 3.41. The zero-order chi connectivity index (χ0) is 24.9. The Bertz CT molecular complexity index is 1340. The van der Waals surface area contributed by atoms with Crippen molar-refractivity contribution in [2.45, 2.75) is 19.5 Å². The highest BCUT2D eigenvalue weighted by Gasteiger charge is 2.38. The van der Waals surface area contributed by atoms with Gasteiger partial charge in [-0.05, 0) is 24.6 Å². The molecule has 0 saturated carbocycles. The summed E-state index contributed by atoms with van der Waals surface area (Å²) in [6.45, 7) is 1.78. The fourth-order valence-electron chi connectivity index (χ4n) is 2.37. The molecule has 0 saturated heterocycles. The molecule has 3 heterocycles. The number of hydrogen-bond acceptors (Lipinski definition) is 10. The summed E-state index contributed by atoms with van der Waals surface area (Å²) in [5, 5.41) is 5.82. The lowest BCUT2D eigenvalue weighted by molar-refractivity contribution is -0.159. The largest absolute Gasteiger partial charge is 0.471 e. The molecule has 0 atom stereocenters. The number of sulfone groups is 1. The molecule has 0 aromatic carbocycles. The zero-order valence-electron chi connectivity index (χ0n) is 17.7. The highest BCUT2D eigenvalue weighted by molar-refractivity contribution is 7.94. The van der Waals surface area contributed by atoms with E-state index in [9.17, 15) is 21.6 Å². The number of rotatable bonds is 7. The van der Waals surface area contributed by atoms with Gasteiger partial charge in [-0.2, -0.15) is 18.2 Å². The lowest BCUT2D eigenvalue weighted by Gasteiger charge is -2.06. The van der Waals surface area contributed by atoms with Crippen LogP contribution < -0.4 is 11.1 Å². The Balaban J connectivity index is 1.79.